The van der Waals surface area contributed by atoms with Crippen LogP contribution in [0.2, 0.25) is 0 Å². The molecule has 0 bridgehead atoms. The number of carboxylic acid groups (broad SMARTS) is 1. The van der Waals surface area contributed by atoms with Crippen molar-refractivity contribution < 1.29 is 18.3 Å². The van der Waals surface area contributed by atoms with E-state index < -0.39 is 22.0 Å². The summed E-state index contributed by atoms with van der Waals surface area (Å²) in [6, 6.07) is 13.0. The summed E-state index contributed by atoms with van der Waals surface area (Å²) in [7, 11) is -2.56. The minimum atomic E-state index is -3.89. The summed E-state index contributed by atoms with van der Waals surface area (Å²) in [4.78, 5) is 11.9. The summed E-state index contributed by atoms with van der Waals surface area (Å²) in [6.07, 6.45) is 3.32. The number of sulfonamides is 1. The van der Waals surface area contributed by atoms with Gasteiger partial charge in [-0.25, -0.2) is 8.42 Å². The maximum absolute atomic E-state index is 12.8. The molecule has 0 aliphatic rings. The van der Waals surface area contributed by atoms with E-state index >= 15 is 0 Å². The summed E-state index contributed by atoms with van der Waals surface area (Å²) in [6.45, 7) is 4.00. The number of carbonyl (C=O) groups is 1. The molecule has 1 N–H and O–H groups in total. The van der Waals surface area contributed by atoms with Gasteiger partial charge < -0.3 is 5.11 Å². The van der Waals surface area contributed by atoms with Crippen molar-refractivity contribution in [3.05, 3.63) is 65.2 Å². The number of aryl methyl sites for hydroxylation is 2. The fraction of sp³-hybridized carbons (Fsp3) is 0.381. The molecule has 0 spiro atoms. The van der Waals surface area contributed by atoms with Crippen molar-refractivity contribution in [3.8, 4) is 0 Å². The van der Waals surface area contributed by atoms with Crippen LogP contribution in [0.5, 0.6) is 0 Å². The Balaban J connectivity index is 2.21. The summed E-state index contributed by atoms with van der Waals surface area (Å²) >= 11 is 0. The molecule has 0 unspecified atom stereocenters. The summed E-state index contributed by atoms with van der Waals surface area (Å²) in [5, 5.41) is 9.62. The van der Waals surface area contributed by atoms with E-state index in [4.69, 9.17) is 0 Å². The molecule has 5 nitrogen and oxygen atoms in total. The number of hydrogen-bond acceptors (Lipinski definition) is 3. The lowest BCUT2D eigenvalue weighted by molar-refractivity contribution is -0.141. The first-order chi connectivity index (χ1) is 12.8. The van der Waals surface area contributed by atoms with Gasteiger partial charge in [0.2, 0.25) is 10.0 Å². The van der Waals surface area contributed by atoms with Crippen LogP contribution in [0, 0.1) is 6.92 Å². The zero-order valence-corrected chi connectivity index (χ0v) is 16.9. The first kappa shape index (κ1) is 21.1. The molecule has 146 valence electrons. The Bertz CT molecular complexity index is 858. The van der Waals surface area contributed by atoms with Gasteiger partial charge in [0.15, 0.2) is 0 Å². The molecule has 1 atom stereocenters. The zero-order valence-electron chi connectivity index (χ0n) is 16.1. The predicted octanol–water partition coefficient (Wildman–Crippen LogP) is 3.65. The molecule has 2 aromatic rings. The number of nitrogens with zero attached hydrogens (tertiary/aromatic N) is 1. The van der Waals surface area contributed by atoms with Crippen LogP contribution in [0.15, 0.2) is 53.4 Å². The number of carboxylic acids is 1. The minimum Gasteiger partial charge on any atom is -0.480 e. The standard InChI is InChI=1S/C21H27NO4S/c1-4-5-6-17-9-11-18(12-10-17)15-20(21(23)24)22(3)27(25,26)19-13-7-16(2)8-14-19/h7-14,20H,4-6,15H2,1-3H3,(H,23,24)/t20-/m1/s1. The highest BCUT2D eigenvalue weighted by molar-refractivity contribution is 7.89. The van der Waals surface area contributed by atoms with Crippen molar-refractivity contribution >= 4 is 16.0 Å². The second-order valence-corrected chi connectivity index (χ2v) is 8.81. The molecular weight excluding hydrogens is 362 g/mol. The van der Waals surface area contributed by atoms with Crippen molar-refractivity contribution in [1.82, 2.24) is 4.31 Å². The van der Waals surface area contributed by atoms with Gasteiger partial charge in [-0.1, -0.05) is 55.3 Å². The van der Waals surface area contributed by atoms with Crippen LogP contribution in [0.1, 0.15) is 36.5 Å². The molecule has 0 heterocycles. The quantitative estimate of drug-likeness (QED) is 0.710. The fourth-order valence-corrected chi connectivity index (χ4v) is 4.17. The van der Waals surface area contributed by atoms with Crippen LogP contribution in [-0.2, 0) is 27.7 Å². The van der Waals surface area contributed by atoms with Gasteiger partial charge in [0.25, 0.3) is 0 Å². The topological polar surface area (TPSA) is 74.7 Å². The molecule has 2 aromatic carbocycles. The Morgan fingerprint density at radius 1 is 1.04 bits per heavy atom. The van der Waals surface area contributed by atoms with E-state index in [1.807, 2.05) is 31.2 Å². The highest BCUT2D eigenvalue weighted by Gasteiger charge is 2.32. The third-order valence-electron chi connectivity index (χ3n) is 4.69. The third-order valence-corrected chi connectivity index (χ3v) is 6.57. The van der Waals surface area contributed by atoms with Crippen molar-refractivity contribution in [2.75, 3.05) is 7.05 Å². The van der Waals surface area contributed by atoms with E-state index in [0.29, 0.717) is 0 Å². The van der Waals surface area contributed by atoms with Crippen molar-refractivity contribution in [1.29, 1.82) is 0 Å². The van der Waals surface area contributed by atoms with Gasteiger partial charge in [-0.3, -0.25) is 4.79 Å². The molecule has 0 saturated heterocycles. The lowest BCUT2D eigenvalue weighted by Crippen LogP contribution is -2.43. The van der Waals surface area contributed by atoms with Crippen LogP contribution in [-0.4, -0.2) is 36.9 Å². The first-order valence-electron chi connectivity index (χ1n) is 9.11. The minimum absolute atomic E-state index is 0.0942. The Hall–Kier alpha value is -2.18. The van der Waals surface area contributed by atoms with Crippen molar-refractivity contribution in [2.24, 2.45) is 0 Å². The van der Waals surface area contributed by atoms with Gasteiger partial charge in [0.05, 0.1) is 4.90 Å². The van der Waals surface area contributed by atoms with Crippen LogP contribution in [0.3, 0.4) is 0 Å². The Morgan fingerprint density at radius 2 is 1.59 bits per heavy atom. The fourth-order valence-electron chi connectivity index (χ4n) is 2.86. The van der Waals surface area contributed by atoms with E-state index in [-0.39, 0.29) is 11.3 Å². The maximum Gasteiger partial charge on any atom is 0.322 e. The molecule has 2 rings (SSSR count). The smallest absolute Gasteiger partial charge is 0.322 e. The molecule has 6 heteroatoms. The SMILES string of the molecule is CCCCc1ccc(C[C@H](C(=O)O)N(C)S(=O)(=O)c2ccc(C)cc2)cc1. The monoisotopic (exact) mass is 389 g/mol. The third kappa shape index (κ3) is 5.40. The number of benzene rings is 2. The molecule has 27 heavy (non-hydrogen) atoms. The van der Waals surface area contributed by atoms with E-state index in [1.165, 1.54) is 24.7 Å². The van der Waals surface area contributed by atoms with Gasteiger partial charge in [-0.15, -0.1) is 0 Å². The predicted molar refractivity (Wildman–Crippen MR) is 106 cm³/mol. The molecule has 0 saturated carbocycles. The lowest BCUT2D eigenvalue weighted by Gasteiger charge is -2.24. The molecular formula is C21H27NO4S. The second kappa shape index (κ2) is 9.15. The molecule has 0 radical (unpaired) electrons. The Labute approximate surface area is 161 Å². The Morgan fingerprint density at radius 3 is 2.11 bits per heavy atom. The Kier molecular flexibility index (Phi) is 7.16. The van der Waals surface area contributed by atoms with Crippen LogP contribution in [0.4, 0.5) is 0 Å². The molecule has 0 aromatic heterocycles. The summed E-state index contributed by atoms with van der Waals surface area (Å²) in [5.74, 6) is -1.16. The lowest BCUT2D eigenvalue weighted by atomic mass is 10.0. The van der Waals surface area contributed by atoms with E-state index in [0.717, 1.165) is 34.7 Å². The summed E-state index contributed by atoms with van der Waals surface area (Å²) in [5.41, 5.74) is 2.94. The first-order valence-corrected chi connectivity index (χ1v) is 10.5. The van der Waals surface area contributed by atoms with Crippen LogP contribution < -0.4 is 0 Å². The number of rotatable bonds is 9. The number of aliphatic carboxylic acids is 1. The van der Waals surface area contributed by atoms with E-state index in [2.05, 4.69) is 6.92 Å². The molecule has 0 aliphatic carbocycles. The number of likely N-dealkylation sites (N-methyl/N-ethyl adjacent to an activating group) is 1. The van der Waals surface area contributed by atoms with Gasteiger partial charge >= 0.3 is 5.97 Å². The van der Waals surface area contributed by atoms with Crippen LogP contribution in [0.25, 0.3) is 0 Å². The zero-order chi connectivity index (χ0) is 20.0. The second-order valence-electron chi connectivity index (χ2n) is 6.81. The van der Waals surface area contributed by atoms with Gasteiger partial charge in [0.1, 0.15) is 6.04 Å². The molecule has 0 fully saturated rings. The van der Waals surface area contributed by atoms with Crippen LogP contribution >= 0.6 is 0 Å². The van der Waals surface area contributed by atoms with Crippen molar-refractivity contribution in [2.45, 2.75) is 50.5 Å². The molecule has 0 aliphatic heterocycles. The molecule has 0 amide bonds. The average molecular weight is 390 g/mol. The highest BCUT2D eigenvalue weighted by Crippen LogP contribution is 2.20. The largest absolute Gasteiger partial charge is 0.480 e. The van der Waals surface area contributed by atoms with Gasteiger partial charge in [0, 0.05) is 7.05 Å². The van der Waals surface area contributed by atoms with Crippen molar-refractivity contribution in [3.63, 3.8) is 0 Å². The van der Waals surface area contributed by atoms with Gasteiger partial charge in [-0.05, 0) is 49.4 Å². The highest BCUT2D eigenvalue weighted by atomic mass is 32.2. The normalized spacial score (nSPS) is 12.9. The number of unbranched alkanes of at least 4 members (excludes halogenated alkanes) is 1. The van der Waals surface area contributed by atoms with E-state index in [9.17, 15) is 18.3 Å². The average Bonchev–Trinajstić information content (AvgIpc) is 2.65. The maximum atomic E-state index is 12.8. The van der Waals surface area contributed by atoms with Gasteiger partial charge in [-0.2, -0.15) is 4.31 Å². The number of hydrogen-bond donors (Lipinski definition) is 1. The van der Waals surface area contributed by atoms with E-state index in [1.54, 1.807) is 12.1 Å². The summed E-state index contributed by atoms with van der Waals surface area (Å²) < 4.78 is 26.6.